The first-order valence-corrected chi connectivity index (χ1v) is 4.50. The zero-order valence-electron chi connectivity index (χ0n) is 8.05. The SMILES string of the molecule is Cc1ccc(OCn2ccnc2)cc1. The minimum Gasteiger partial charge on any atom is -0.473 e. The van der Waals surface area contributed by atoms with Gasteiger partial charge in [0.2, 0.25) is 0 Å². The predicted octanol–water partition coefficient (Wildman–Crippen LogP) is 2.23. The zero-order chi connectivity index (χ0) is 9.80. The van der Waals surface area contributed by atoms with Crippen molar-refractivity contribution in [3.63, 3.8) is 0 Å². The number of nitrogens with zero attached hydrogens (tertiary/aromatic N) is 2. The predicted molar refractivity (Wildman–Crippen MR) is 54.0 cm³/mol. The Morgan fingerprint density at radius 3 is 2.71 bits per heavy atom. The highest BCUT2D eigenvalue weighted by Gasteiger charge is 1.93. The van der Waals surface area contributed by atoms with Gasteiger partial charge in [0.25, 0.3) is 0 Å². The third-order valence-corrected chi connectivity index (χ3v) is 1.96. The summed E-state index contributed by atoms with van der Waals surface area (Å²) in [6.45, 7) is 2.56. The molecule has 1 heterocycles. The first kappa shape index (κ1) is 8.81. The Morgan fingerprint density at radius 1 is 1.29 bits per heavy atom. The topological polar surface area (TPSA) is 27.1 Å². The Kier molecular flexibility index (Phi) is 2.49. The lowest BCUT2D eigenvalue weighted by Gasteiger charge is -2.06. The molecule has 2 aromatic rings. The van der Waals surface area contributed by atoms with Crippen LogP contribution in [0.5, 0.6) is 5.75 Å². The fourth-order valence-corrected chi connectivity index (χ4v) is 1.15. The van der Waals surface area contributed by atoms with E-state index in [0.717, 1.165) is 5.75 Å². The van der Waals surface area contributed by atoms with E-state index >= 15 is 0 Å². The number of imidazole rings is 1. The van der Waals surface area contributed by atoms with Gasteiger partial charge in [-0.25, -0.2) is 4.98 Å². The van der Waals surface area contributed by atoms with E-state index in [2.05, 4.69) is 11.9 Å². The average Bonchev–Trinajstić information content (AvgIpc) is 2.70. The Balaban J connectivity index is 1.95. The van der Waals surface area contributed by atoms with E-state index in [4.69, 9.17) is 4.74 Å². The largest absolute Gasteiger partial charge is 0.473 e. The second kappa shape index (κ2) is 3.96. The molecule has 14 heavy (non-hydrogen) atoms. The lowest BCUT2D eigenvalue weighted by molar-refractivity contribution is 0.236. The molecule has 0 aliphatic rings. The summed E-state index contributed by atoms with van der Waals surface area (Å²) in [5, 5.41) is 0. The molecule has 0 amide bonds. The van der Waals surface area contributed by atoms with E-state index in [0.29, 0.717) is 6.73 Å². The number of hydrogen-bond acceptors (Lipinski definition) is 2. The highest BCUT2D eigenvalue weighted by molar-refractivity contribution is 5.26. The smallest absolute Gasteiger partial charge is 0.165 e. The standard InChI is InChI=1S/C11H12N2O/c1-10-2-4-11(5-3-10)14-9-13-7-6-12-8-13/h2-8H,9H2,1H3. The Morgan fingerprint density at radius 2 is 2.07 bits per heavy atom. The highest BCUT2D eigenvalue weighted by Crippen LogP contribution is 2.11. The van der Waals surface area contributed by atoms with Crippen LogP contribution in [0.1, 0.15) is 5.56 Å². The number of aromatic nitrogens is 2. The molecule has 0 aliphatic heterocycles. The van der Waals surface area contributed by atoms with Crippen molar-refractivity contribution in [3.05, 3.63) is 48.5 Å². The van der Waals surface area contributed by atoms with Crippen LogP contribution in [0.15, 0.2) is 43.0 Å². The molecule has 0 saturated carbocycles. The average molecular weight is 188 g/mol. The van der Waals surface area contributed by atoms with Crippen LogP contribution in [0.4, 0.5) is 0 Å². The summed E-state index contributed by atoms with van der Waals surface area (Å²) < 4.78 is 7.40. The van der Waals surface area contributed by atoms with Crippen molar-refractivity contribution in [1.29, 1.82) is 0 Å². The van der Waals surface area contributed by atoms with Crippen LogP contribution < -0.4 is 4.74 Å². The summed E-state index contributed by atoms with van der Waals surface area (Å²) in [7, 11) is 0. The van der Waals surface area contributed by atoms with Crippen molar-refractivity contribution in [3.8, 4) is 5.75 Å². The molecule has 0 fully saturated rings. The molecule has 1 aromatic carbocycles. The molecular weight excluding hydrogens is 176 g/mol. The van der Waals surface area contributed by atoms with Gasteiger partial charge in [-0.1, -0.05) is 17.7 Å². The fraction of sp³-hybridized carbons (Fsp3) is 0.182. The molecule has 2 rings (SSSR count). The third kappa shape index (κ3) is 2.13. The van der Waals surface area contributed by atoms with E-state index in [1.54, 1.807) is 12.5 Å². The maximum absolute atomic E-state index is 5.53. The lowest BCUT2D eigenvalue weighted by Crippen LogP contribution is -2.02. The molecule has 72 valence electrons. The number of rotatable bonds is 3. The van der Waals surface area contributed by atoms with Crippen molar-refractivity contribution in [2.45, 2.75) is 13.7 Å². The number of ether oxygens (including phenoxy) is 1. The van der Waals surface area contributed by atoms with Crippen LogP contribution in [0.3, 0.4) is 0 Å². The molecule has 0 saturated heterocycles. The minimum atomic E-state index is 0.503. The van der Waals surface area contributed by atoms with Gasteiger partial charge in [-0.15, -0.1) is 0 Å². The monoisotopic (exact) mass is 188 g/mol. The molecule has 3 nitrogen and oxygen atoms in total. The van der Waals surface area contributed by atoms with Crippen LogP contribution in [0, 0.1) is 6.92 Å². The van der Waals surface area contributed by atoms with Crippen molar-refractivity contribution in [2.75, 3.05) is 0 Å². The van der Waals surface area contributed by atoms with Gasteiger partial charge in [-0.3, -0.25) is 0 Å². The maximum Gasteiger partial charge on any atom is 0.165 e. The Labute approximate surface area is 83.0 Å². The van der Waals surface area contributed by atoms with Crippen molar-refractivity contribution >= 4 is 0 Å². The van der Waals surface area contributed by atoms with Gasteiger partial charge in [-0.05, 0) is 19.1 Å². The third-order valence-electron chi connectivity index (χ3n) is 1.96. The minimum absolute atomic E-state index is 0.503. The molecule has 0 spiro atoms. The molecule has 0 unspecified atom stereocenters. The molecule has 0 radical (unpaired) electrons. The van der Waals surface area contributed by atoms with Gasteiger partial charge >= 0.3 is 0 Å². The molecule has 1 aromatic heterocycles. The van der Waals surface area contributed by atoms with Gasteiger partial charge in [0, 0.05) is 12.4 Å². The van der Waals surface area contributed by atoms with E-state index in [1.165, 1.54) is 5.56 Å². The molecule has 0 atom stereocenters. The van der Waals surface area contributed by atoms with E-state index in [9.17, 15) is 0 Å². The highest BCUT2D eigenvalue weighted by atomic mass is 16.5. The van der Waals surface area contributed by atoms with Gasteiger partial charge < -0.3 is 9.30 Å². The van der Waals surface area contributed by atoms with Crippen molar-refractivity contribution in [2.24, 2.45) is 0 Å². The Hall–Kier alpha value is -1.77. The summed E-state index contributed by atoms with van der Waals surface area (Å²) in [5.74, 6) is 0.879. The summed E-state index contributed by atoms with van der Waals surface area (Å²) in [4.78, 5) is 3.93. The molecule has 0 bridgehead atoms. The van der Waals surface area contributed by atoms with Crippen LogP contribution >= 0.6 is 0 Å². The lowest BCUT2D eigenvalue weighted by atomic mass is 10.2. The van der Waals surface area contributed by atoms with Crippen LogP contribution in [-0.4, -0.2) is 9.55 Å². The van der Waals surface area contributed by atoms with Crippen LogP contribution in [0.2, 0.25) is 0 Å². The fourth-order valence-electron chi connectivity index (χ4n) is 1.15. The molecule has 3 heteroatoms. The first-order chi connectivity index (χ1) is 6.84. The second-order valence-corrected chi connectivity index (χ2v) is 3.16. The maximum atomic E-state index is 5.53. The molecular formula is C11H12N2O. The van der Waals surface area contributed by atoms with Gasteiger partial charge in [0.15, 0.2) is 6.73 Å². The van der Waals surface area contributed by atoms with Gasteiger partial charge in [0.05, 0.1) is 6.33 Å². The van der Waals surface area contributed by atoms with Crippen LogP contribution in [0.25, 0.3) is 0 Å². The van der Waals surface area contributed by atoms with E-state index in [1.807, 2.05) is 35.0 Å². The van der Waals surface area contributed by atoms with E-state index in [-0.39, 0.29) is 0 Å². The number of benzene rings is 1. The first-order valence-electron chi connectivity index (χ1n) is 4.50. The zero-order valence-corrected chi connectivity index (χ0v) is 8.05. The number of hydrogen-bond donors (Lipinski definition) is 0. The summed E-state index contributed by atoms with van der Waals surface area (Å²) >= 11 is 0. The van der Waals surface area contributed by atoms with Gasteiger partial charge in [0.1, 0.15) is 5.75 Å². The van der Waals surface area contributed by atoms with Crippen molar-refractivity contribution in [1.82, 2.24) is 9.55 Å². The van der Waals surface area contributed by atoms with E-state index < -0.39 is 0 Å². The van der Waals surface area contributed by atoms with Gasteiger partial charge in [-0.2, -0.15) is 0 Å². The molecule has 0 aliphatic carbocycles. The van der Waals surface area contributed by atoms with Crippen molar-refractivity contribution < 1.29 is 4.74 Å². The van der Waals surface area contributed by atoms with Crippen LogP contribution in [-0.2, 0) is 6.73 Å². The summed E-state index contributed by atoms with van der Waals surface area (Å²) in [6, 6.07) is 7.99. The quantitative estimate of drug-likeness (QED) is 0.738. The normalized spacial score (nSPS) is 10.1. The number of aryl methyl sites for hydroxylation is 1. The Bertz CT molecular complexity index is 378. The second-order valence-electron chi connectivity index (χ2n) is 3.16. The summed E-state index contributed by atoms with van der Waals surface area (Å²) in [6.07, 6.45) is 5.33. The molecule has 0 N–H and O–H groups in total. The summed E-state index contributed by atoms with van der Waals surface area (Å²) in [5.41, 5.74) is 1.24.